The van der Waals surface area contributed by atoms with E-state index in [9.17, 15) is 4.79 Å². The number of benzene rings is 1. The molecule has 0 aliphatic heterocycles. The molecule has 11 nitrogen and oxygen atoms in total. The van der Waals surface area contributed by atoms with Crippen LogP contribution in [-0.2, 0) is 0 Å². The third kappa shape index (κ3) is 10.6. The van der Waals surface area contributed by atoms with E-state index in [2.05, 4.69) is 74.0 Å². The number of nitrogens with one attached hydrogen (secondary N) is 5. The molecule has 38 heavy (non-hydrogen) atoms. The predicted octanol–water partition coefficient (Wildman–Crippen LogP) is 1.91. The molecule has 0 bridgehead atoms. The summed E-state index contributed by atoms with van der Waals surface area (Å²) in [5.74, 6) is 1.25. The van der Waals surface area contributed by atoms with Crippen molar-refractivity contribution in [2.75, 3.05) is 76.3 Å². The topological polar surface area (TPSA) is 139 Å². The van der Waals surface area contributed by atoms with Crippen molar-refractivity contribution in [3.05, 3.63) is 34.7 Å². The van der Waals surface area contributed by atoms with Crippen molar-refractivity contribution in [1.82, 2.24) is 35.4 Å². The molecule has 212 valence electrons. The van der Waals surface area contributed by atoms with Gasteiger partial charge in [-0.15, -0.1) is 0 Å². The van der Waals surface area contributed by atoms with Gasteiger partial charge in [-0.05, 0) is 83.1 Å². The van der Waals surface area contributed by atoms with Crippen LogP contribution in [0.25, 0.3) is 0 Å². The van der Waals surface area contributed by atoms with Crippen LogP contribution in [0, 0.1) is 5.92 Å². The standard InChI is InChI=1S/C27H48N10O/c1-5-36(3)15-13-29-23-17-20(18-24(19-23)30-14-16-37(4)6-2)11-12-31-25-33-26(35-27(38)34-25)32-22-9-7-21(28)8-10-22/h7-10,20,23-24,29-30H,5-6,11-19,28H2,1-4H3,(H3,31,32,33,34,35,38). The van der Waals surface area contributed by atoms with E-state index in [1.807, 2.05) is 12.1 Å². The van der Waals surface area contributed by atoms with Gasteiger partial charge in [0, 0.05) is 56.2 Å². The van der Waals surface area contributed by atoms with Gasteiger partial charge in [0.1, 0.15) is 0 Å². The summed E-state index contributed by atoms with van der Waals surface area (Å²) in [4.78, 5) is 27.9. The number of anilines is 4. The van der Waals surface area contributed by atoms with Crippen molar-refractivity contribution in [2.24, 2.45) is 5.92 Å². The molecular formula is C27H48N10O. The van der Waals surface area contributed by atoms with Crippen LogP contribution >= 0.6 is 0 Å². The van der Waals surface area contributed by atoms with Crippen LogP contribution in [0.1, 0.15) is 39.5 Å². The van der Waals surface area contributed by atoms with Gasteiger partial charge in [0.05, 0.1) is 0 Å². The zero-order valence-corrected chi connectivity index (χ0v) is 23.6. The van der Waals surface area contributed by atoms with E-state index in [0.29, 0.717) is 42.1 Å². The van der Waals surface area contributed by atoms with Crippen molar-refractivity contribution in [2.45, 2.75) is 51.6 Å². The molecule has 3 rings (SSSR count). The van der Waals surface area contributed by atoms with Crippen molar-refractivity contribution < 1.29 is 0 Å². The Bertz CT molecular complexity index is 974. The van der Waals surface area contributed by atoms with Crippen LogP contribution in [0.4, 0.5) is 23.3 Å². The molecule has 1 aliphatic carbocycles. The summed E-state index contributed by atoms with van der Waals surface area (Å²) in [6.07, 6.45) is 4.47. The van der Waals surface area contributed by atoms with Crippen LogP contribution in [0.2, 0.25) is 0 Å². The largest absolute Gasteiger partial charge is 0.399 e. The predicted molar refractivity (Wildman–Crippen MR) is 157 cm³/mol. The van der Waals surface area contributed by atoms with Crippen molar-refractivity contribution in [3.63, 3.8) is 0 Å². The second-order valence-corrected chi connectivity index (χ2v) is 10.5. The van der Waals surface area contributed by atoms with Gasteiger partial charge in [-0.3, -0.25) is 4.98 Å². The lowest BCUT2D eigenvalue weighted by Gasteiger charge is -2.36. The zero-order valence-electron chi connectivity index (χ0n) is 23.6. The van der Waals surface area contributed by atoms with Gasteiger partial charge in [-0.2, -0.15) is 9.97 Å². The molecule has 0 radical (unpaired) electrons. The third-order valence-corrected chi connectivity index (χ3v) is 7.40. The van der Waals surface area contributed by atoms with Crippen molar-refractivity contribution in [3.8, 4) is 0 Å². The number of nitrogen functional groups attached to an aromatic ring is 1. The number of rotatable bonds is 16. The first-order chi connectivity index (χ1) is 18.3. The SMILES string of the molecule is CCN(C)CCNC1CC(CCNc2nc(Nc3ccc(N)cc3)[nH]c(=O)n2)CC(NCCN(C)CC)C1. The first kappa shape index (κ1) is 29.8. The molecule has 1 aromatic carbocycles. The van der Waals surface area contributed by atoms with Crippen LogP contribution in [0.3, 0.4) is 0 Å². The molecule has 0 amide bonds. The number of nitrogens with two attached hydrogens (primary N) is 1. The Morgan fingerprint density at radius 2 is 1.53 bits per heavy atom. The minimum absolute atomic E-state index is 0.331. The van der Waals surface area contributed by atoms with Gasteiger partial charge in [-0.25, -0.2) is 4.79 Å². The van der Waals surface area contributed by atoms with E-state index >= 15 is 0 Å². The average Bonchev–Trinajstić information content (AvgIpc) is 2.89. The first-order valence-corrected chi connectivity index (χ1v) is 14.0. The summed E-state index contributed by atoms with van der Waals surface area (Å²) in [5.41, 5.74) is 6.77. The molecule has 7 N–H and O–H groups in total. The van der Waals surface area contributed by atoms with Crippen LogP contribution < -0.4 is 32.7 Å². The minimum atomic E-state index is -0.444. The maximum atomic E-state index is 12.1. The Hall–Kier alpha value is -2.73. The summed E-state index contributed by atoms with van der Waals surface area (Å²) in [6, 6.07) is 8.26. The number of hydrogen-bond donors (Lipinski definition) is 6. The lowest BCUT2D eigenvalue weighted by Crippen LogP contribution is -2.47. The van der Waals surface area contributed by atoms with E-state index in [0.717, 1.165) is 70.6 Å². The number of hydrogen-bond acceptors (Lipinski definition) is 10. The fourth-order valence-corrected chi connectivity index (χ4v) is 4.85. The summed E-state index contributed by atoms with van der Waals surface area (Å²) in [5, 5.41) is 14.0. The lowest BCUT2D eigenvalue weighted by molar-refractivity contribution is 0.215. The molecule has 1 aliphatic rings. The van der Waals surface area contributed by atoms with E-state index in [4.69, 9.17) is 5.73 Å². The molecule has 1 fully saturated rings. The van der Waals surface area contributed by atoms with Crippen LogP contribution in [0.5, 0.6) is 0 Å². The van der Waals surface area contributed by atoms with E-state index in [-0.39, 0.29) is 0 Å². The van der Waals surface area contributed by atoms with E-state index in [1.54, 1.807) is 12.1 Å². The monoisotopic (exact) mass is 528 g/mol. The lowest BCUT2D eigenvalue weighted by atomic mass is 9.80. The first-order valence-electron chi connectivity index (χ1n) is 14.0. The average molecular weight is 529 g/mol. The van der Waals surface area contributed by atoms with Gasteiger partial charge in [0.15, 0.2) is 0 Å². The van der Waals surface area contributed by atoms with E-state index in [1.165, 1.54) is 0 Å². The summed E-state index contributed by atoms with van der Waals surface area (Å²) < 4.78 is 0. The molecule has 0 spiro atoms. The van der Waals surface area contributed by atoms with Gasteiger partial charge < -0.3 is 36.8 Å². The molecule has 2 aromatic rings. The zero-order chi connectivity index (χ0) is 27.3. The fraction of sp³-hybridized carbons (Fsp3) is 0.667. The number of H-pyrrole nitrogens is 1. The van der Waals surface area contributed by atoms with E-state index < -0.39 is 5.69 Å². The Morgan fingerprint density at radius 3 is 2.11 bits per heavy atom. The van der Waals surface area contributed by atoms with Crippen molar-refractivity contribution in [1.29, 1.82) is 0 Å². The molecular weight excluding hydrogens is 480 g/mol. The highest BCUT2D eigenvalue weighted by atomic mass is 16.1. The maximum Gasteiger partial charge on any atom is 0.351 e. The quantitative estimate of drug-likeness (QED) is 0.179. The molecule has 2 atom stereocenters. The van der Waals surface area contributed by atoms with Gasteiger partial charge in [0.2, 0.25) is 11.9 Å². The smallest absolute Gasteiger partial charge is 0.351 e. The highest BCUT2D eigenvalue weighted by Crippen LogP contribution is 2.27. The number of likely N-dealkylation sites (N-methyl/N-ethyl adjacent to an activating group) is 2. The highest BCUT2D eigenvalue weighted by molar-refractivity contribution is 5.57. The fourth-order valence-electron chi connectivity index (χ4n) is 4.85. The highest BCUT2D eigenvalue weighted by Gasteiger charge is 2.28. The maximum absolute atomic E-state index is 12.1. The molecule has 2 unspecified atom stereocenters. The van der Waals surface area contributed by atoms with Crippen LogP contribution in [-0.4, -0.2) is 96.7 Å². The number of nitrogens with zero attached hydrogens (tertiary/aromatic N) is 4. The Labute approximate surface area is 227 Å². The Balaban J connectivity index is 1.53. The Kier molecular flexibility index (Phi) is 12.3. The second kappa shape index (κ2) is 15.6. The molecule has 0 saturated heterocycles. The number of aromatic amines is 1. The normalized spacial score (nSPS) is 19.7. The van der Waals surface area contributed by atoms with Gasteiger partial charge in [-0.1, -0.05) is 13.8 Å². The summed E-state index contributed by atoms with van der Waals surface area (Å²) in [6.45, 7) is 11.4. The molecule has 11 heteroatoms. The molecule has 1 aromatic heterocycles. The summed E-state index contributed by atoms with van der Waals surface area (Å²) >= 11 is 0. The molecule has 1 heterocycles. The van der Waals surface area contributed by atoms with Crippen LogP contribution in [0.15, 0.2) is 29.1 Å². The third-order valence-electron chi connectivity index (χ3n) is 7.40. The van der Waals surface area contributed by atoms with Gasteiger partial charge >= 0.3 is 5.69 Å². The second-order valence-electron chi connectivity index (χ2n) is 10.5. The minimum Gasteiger partial charge on any atom is -0.399 e. The van der Waals surface area contributed by atoms with Gasteiger partial charge in [0.25, 0.3) is 0 Å². The Morgan fingerprint density at radius 1 is 0.921 bits per heavy atom. The number of aromatic nitrogens is 3. The summed E-state index contributed by atoms with van der Waals surface area (Å²) in [7, 11) is 4.33. The molecule has 1 saturated carbocycles. The van der Waals surface area contributed by atoms with Crippen molar-refractivity contribution >= 4 is 23.3 Å².